The summed E-state index contributed by atoms with van der Waals surface area (Å²) in [7, 11) is -2.12. The molecule has 0 bridgehead atoms. The van der Waals surface area contributed by atoms with Gasteiger partial charge in [0, 0.05) is 0 Å². The second kappa shape index (κ2) is 3.78. The fraction of sp³-hybridized carbons (Fsp3) is 0.222. The van der Waals surface area contributed by atoms with Crippen molar-refractivity contribution in [3.63, 3.8) is 0 Å². The number of rotatable bonds is 2. The molecule has 0 spiro atoms. The monoisotopic (exact) mass is 210 g/mol. The standard InChI is InChI=1S/C9H10N2O2S/c1-7-3-8(6-10)5-9(4-7)14(12,13)11-2/h3-5,11H,1-2H3. The Labute approximate surface area is 83.2 Å². The lowest BCUT2D eigenvalue weighted by Crippen LogP contribution is -2.18. The van der Waals surface area contributed by atoms with Gasteiger partial charge in [0.15, 0.2) is 0 Å². The first-order valence-corrected chi connectivity index (χ1v) is 5.43. The van der Waals surface area contributed by atoms with E-state index < -0.39 is 10.0 Å². The zero-order valence-corrected chi connectivity index (χ0v) is 8.72. The van der Waals surface area contributed by atoms with Crippen molar-refractivity contribution >= 4 is 10.0 Å². The van der Waals surface area contributed by atoms with Gasteiger partial charge in [-0.2, -0.15) is 5.26 Å². The van der Waals surface area contributed by atoms with Crippen LogP contribution in [0.4, 0.5) is 0 Å². The van der Waals surface area contributed by atoms with E-state index in [1.807, 2.05) is 6.07 Å². The van der Waals surface area contributed by atoms with Crippen LogP contribution >= 0.6 is 0 Å². The summed E-state index contributed by atoms with van der Waals surface area (Å²) in [6, 6.07) is 6.41. The molecule has 0 aliphatic heterocycles. The molecule has 0 heterocycles. The van der Waals surface area contributed by atoms with Crippen LogP contribution < -0.4 is 4.72 Å². The van der Waals surface area contributed by atoms with Gasteiger partial charge in [-0.1, -0.05) is 0 Å². The molecule has 1 rings (SSSR count). The van der Waals surface area contributed by atoms with Gasteiger partial charge in [-0.05, 0) is 37.7 Å². The Hall–Kier alpha value is -1.38. The molecule has 1 aromatic rings. The summed E-state index contributed by atoms with van der Waals surface area (Å²) in [5, 5.41) is 8.66. The maximum absolute atomic E-state index is 11.4. The van der Waals surface area contributed by atoms with Gasteiger partial charge in [-0.25, -0.2) is 13.1 Å². The maximum Gasteiger partial charge on any atom is 0.240 e. The van der Waals surface area contributed by atoms with Crippen LogP contribution in [0.2, 0.25) is 0 Å². The first kappa shape index (κ1) is 10.7. The van der Waals surface area contributed by atoms with E-state index in [2.05, 4.69) is 4.72 Å². The van der Waals surface area contributed by atoms with Crippen LogP contribution in [0.1, 0.15) is 11.1 Å². The van der Waals surface area contributed by atoms with Crippen molar-refractivity contribution in [1.29, 1.82) is 5.26 Å². The lowest BCUT2D eigenvalue weighted by atomic mass is 10.2. The molecule has 1 aromatic carbocycles. The van der Waals surface area contributed by atoms with Crippen molar-refractivity contribution in [3.8, 4) is 6.07 Å². The van der Waals surface area contributed by atoms with Crippen molar-refractivity contribution < 1.29 is 8.42 Å². The molecule has 0 radical (unpaired) electrons. The number of nitrogens with zero attached hydrogens (tertiary/aromatic N) is 1. The van der Waals surface area contributed by atoms with Crippen molar-refractivity contribution in [1.82, 2.24) is 4.72 Å². The molecule has 14 heavy (non-hydrogen) atoms. The zero-order valence-electron chi connectivity index (χ0n) is 7.90. The number of hydrogen-bond donors (Lipinski definition) is 1. The highest BCUT2D eigenvalue weighted by Gasteiger charge is 2.12. The maximum atomic E-state index is 11.4. The van der Waals surface area contributed by atoms with E-state index in [9.17, 15) is 8.42 Å². The fourth-order valence-corrected chi connectivity index (χ4v) is 1.94. The molecule has 0 aliphatic rings. The van der Waals surface area contributed by atoms with E-state index in [0.717, 1.165) is 5.56 Å². The topological polar surface area (TPSA) is 70.0 Å². The molecule has 0 fully saturated rings. The van der Waals surface area contributed by atoms with Crippen LogP contribution in [0, 0.1) is 18.3 Å². The van der Waals surface area contributed by atoms with E-state index in [0.29, 0.717) is 5.56 Å². The molecule has 0 saturated heterocycles. The highest BCUT2D eigenvalue weighted by Crippen LogP contribution is 2.13. The molecule has 0 saturated carbocycles. The Bertz CT molecular complexity index is 486. The van der Waals surface area contributed by atoms with Crippen molar-refractivity contribution in [3.05, 3.63) is 29.3 Å². The first-order valence-electron chi connectivity index (χ1n) is 3.95. The largest absolute Gasteiger partial charge is 0.240 e. The predicted molar refractivity (Wildman–Crippen MR) is 52.1 cm³/mol. The summed E-state index contributed by atoms with van der Waals surface area (Å²) in [6.45, 7) is 1.75. The van der Waals surface area contributed by atoms with Crippen LogP contribution in [0.5, 0.6) is 0 Å². The van der Waals surface area contributed by atoms with Crippen molar-refractivity contribution in [2.24, 2.45) is 0 Å². The average Bonchev–Trinajstić information content (AvgIpc) is 2.16. The number of nitriles is 1. The summed E-state index contributed by atoms with van der Waals surface area (Å²) in [6.07, 6.45) is 0. The summed E-state index contributed by atoms with van der Waals surface area (Å²) in [4.78, 5) is 0.122. The van der Waals surface area contributed by atoms with Crippen molar-refractivity contribution in [2.75, 3.05) is 7.05 Å². The second-order valence-corrected chi connectivity index (χ2v) is 4.74. The molecule has 4 nitrogen and oxygen atoms in total. The smallest absolute Gasteiger partial charge is 0.214 e. The SMILES string of the molecule is CNS(=O)(=O)c1cc(C)cc(C#N)c1. The van der Waals surface area contributed by atoms with E-state index in [4.69, 9.17) is 5.26 Å². The van der Waals surface area contributed by atoms with Crippen molar-refractivity contribution in [2.45, 2.75) is 11.8 Å². The van der Waals surface area contributed by atoms with Gasteiger partial charge < -0.3 is 0 Å². The van der Waals surface area contributed by atoms with Crippen LogP contribution in [0.25, 0.3) is 0 Å². The molecule has 5 heteroatoms. The van der Waals surface area contributed by atoms with Gasteiger partial charge in [-0.3, -0.25) is 0 Å². The van der Waals surface area contributed by atoms with Gasteiger partial charge in [-0.15, -0.1) is 0 Å². The molecular formula is C9H10N2O2S. The van der Waals surface area contributed by atoms with Crippen LogP contribution in [0.15, 0.2) is 23.1 Å². The Kier molecular flexibility index (Phi) is 2.89. The predicted octanol–water partition coefficient (Wildman–Crippen LogP) is 0.775. The highest BCUT2D eigenvalue weighted by atomic mass is 32.2. The fourth-order valence-electron chi connectivity index (χ4n) is 1.09. The van der Waals surface area contributed by atoms with E-state index in [-0.39, 0.29) is 4.90 Å². The van der Waals surface area contributed by atoms with Crippen LogP contribution in [0.3, 0.4) is 0 Å². The minimum Gasteiger partial charge on any atom is -0.214 e. The minimum absolute atomic E-state index is 0.122. The van der Waals surface area contributed by atoms with Gasteiger partial charge in [0.25, 0.3) is 0 Å². The third kappa shape index (κ3) is 2.10. The highest BCUT2D eigenvalue weighted by molar-refractivity contribution is 7.89. The normalized spacial score (nSPS) is 10.9. The number of benzene rings is 1. The van der Waals surface area contributed by atoms with E-state index in [1.165, 1.54) is 19.2 Å². The molecule has 1 N–H and O–H groups in total. The molecule has 0 unspecified atom stereocenters. The zero-order chi connectivity index (χ0) is 10.8. The van der Waals surface area contributed by atoms with Gasteiger partial charge >= 0.3 is 0 Å². The third-order valence-electron chi connectivity index (χ3n) is 1.76. The Morgan fingerprint density at radius 2 is 2.00 bits per heavy atom. The second-order valence-electron chi connectivity index (χ2n) is 2.85. The average molecular weight is 210 g/mol. The first-order chi connectivity index (χ1) is 6.49. The number of aryl methyl sites for hydroxylation is 1. The molecular weight excluding hydrogens is 200 g/mol. The van der Waals surface area contributed by atoms with E-state index in [1.54, 1.807) is 13.0 Å². The Morgan fingerprint density at radius 1 is 1.36 bits per heavy atom. The minimum atomic E-state index is -3.45. The molecule has 0 atom stereocenters. The third-order valence-corrected chi connectivity index (χ3v) is 3.15. The number of nitrogens with one attached hydrogen (secondary N) is 1. The summed E-state index contributed by atoms with van der Waals surface area (Å²) in [5.74, 6) is 0. The summed E-state index contributed by atoms with van der Waals surface area (Å²) in [5.41, 5.74) is 1.09. The summed E-state index contributed by atoms with van der Waals surface area (Å²) < 4.78 is 25.0. The van der Waals surface area contributed by atoms with Gasteiger partial charge in [0.05, 0.1) is 16.5 Å². The van der Waals surface area contributed by atoms with Gasteiger partial charge in [0.1, 0.15) is 0 Å². The molecule has 0 aliphatic carbocycles. The molecule has 74 valence electrons. The Morgan fingerprint density at radius 3 is 2.50 bits per heavy atom. The summed E-state index contributed by atoms with van der Waals surface area (Å²) >= 11 is 0. The van der Waals surface area contributed by atoms with Crippen LogP contribution in [-0.2, 0) is 10.0 Å². The number of hydrogen-bond acceptors (Lipinski definition) is 3. The molecule has 0 aromatic heterocycles. The molecule has 0 amide bonds. The van der Waals surface area contributed by atoms with E-state index >= 15 is 0 Å². The van der Waals surface area contributed by atoms with Crippen LogP contribution in [-0.4, -0.2) is 15.5 Å². The lowest BCUT2D eigenvalue weighted by molar-refractivity contribution is 0.588. The quantitative estimate of drug-likeness (QED) is 0.784. The van der Waals surface area contributed by atoms with Gasteiger partial charge in [0.2, 0.25) is 10.0 Å². The lowest BCUT2D eigenvalue weighted by Gasteiger charge is -2.03. The number of sulfonamides is 1. The Balaban J connectivity index is 3.39.